The molecule has 10 nitrogen and oxygen atoms in total. The van der Waals surface area contributed by atoms with Crippen molar-refractivity contribution in [3.63, 3.8) is 0 Å². The lowest BCUT2D eigenvalue weighted by Crippen LogP contribution is -2.60. The molecule has 1 aromatic rings. The minimum absolute atomic E-state index is 0.338. The molecular weight excluding hydrogens is 554 g/mol. The summed E-state index contributed by atoms with van der Waals surface area (Å²) in [7, 11) is 0. The summed E-state index contributed by atoms with van der Waals surface area (Å²) in [6, 6.07) is 8.12. The van der Waals surface area contributed by atoms with Gasteiger partial charge in [0.05, 0.1) is 25.4 Å². The van der Waals surface area contributed by atoms with Gasteiger partial charge in [0.1, 0.15) is 30.5 Å². The van der Waals surface area contributed by atoms with Crippen LogP contribution in [0.3, 0.4) is 0 Å². The van der Waals surface area contributed by atoms with Gasteiger partial charge in [-0.1, -0.05) is 114 Å². The summed E-state index contributed by atoms with van der Waals surface area (Å²) in [6.45, 7) is 1.24. The molecule has 2 rings (SSSR count). The van der Waals surface area contributed by atoms with E-state index in [1.807, 2.05) is 30.3 Å². The van der Waals surface area contributed by atoms with Crippen LogP contribution >= 0.6 is 0 Å². The van der Waals surface area contributed by atoms with E-state index in [-0.39, 0.29) is 6.61 Å². The lowest BCUT2D eigenvalue weighted by atomic mass is 9.98. The molecule has 1 aliphatic heterocycles. The Morgan fingerprint density at radius 1 is 0.884 bits per heavy atom. The molecule has 3 unspecified atom stereocenters. The molecule has 0 spiro atoms. The van der Waals surface area contributed by atoms with Crippen molar-refractivity contribution in [3.05, 3.63) is 42.0 Å². The lowest BCUT2D eigenvalue weighted by molar-refractivity contribution is -0.303. The highest BCUT2D eigenvalue weighted by Crippen LogP contribution is 2.23. The molecular formula is C33H55NO9. The van der Waals surface area contributed by atoms with Gasteiger partial charge in [-0.15, -0.1) is 0 Å². The maximum absolute atomic E-state index is 12.7. The second-order valence-electron chi connectivity index (χ2n) is 11.6. The second kappa shape index (κ2) is 21.8. The zero-order chi connectivity index (χ0) is 31.5. The second-order valence-corrected chi connectivity index (χ2v) is 11.6. The topological polar surface area (TPSA) is 169 Å². The fourth-order valence-corrected chi connectivity index (χ4v) is 5.23. The van der Waals surface area contributed by atoms with Crippen LogP contribution in [0.15, 0.2) is 36.4 Å². The Hall–Kier alpha value is -1.89. The monoisotopic (exact) mass is 609 g/mol. The SMILES string of the molecule is CCCCCCCCCCCCCCC(O)C(O)C(CO[C@H]1O[C@H](CO)[C@H](O)[C@H](O)[C@H]1O)NC(=O)/C=C/c1ccccc1. The van der Waals surface area contributed by atoms with Crippen LogP contribution in [0.4, 0.5) is 0 Å². The predicted molar refractivity (Wildman–Crippen MR) is 165 cm³/mol. The number of amides is 1. The van der Waals surface area contributed by atoms with Crippen molar-refractivity contribution in [1.82, 2.24) is 5.32 Å². The van der Waals surface area contributed by atoms with Gasteiger partial charge in [-0.25, -0.2) is 0 Å². The van der Waals surface area contributed by atoms with Gasteiger partial charge in [-0.05, 0) is 18.1 Å². The van der Waals surface area contributed by atoms with E-state index in [9.17, 15) is 35.4 Å². The number of hydrogen-bond donors (Lipinski definition) is 7. The van der Waals surface area contributed by atoms with Crippen LogP contribution in [0.1, 0.15) is 96.0 Å². The van der Waals surface area contributed by atoms with E-state index in [0.29, 0.717) is 6.42 Å². The Morgan fingerprint density at radius 2 is 1.47 bits per heavy atom. The van der Waals surface area contributed by atoms with Gasteiger partial charge in [-0.2, -0.15) is 0 Å². The van der Waals surface area contributed by atoms with Gasteiger partial charge in [0.2, 0.25) is 5.91 Å². The molecule has 1 aromatic carbocycles. The van der Waals surface area contributed by atoms with Crippen LogP contribution in [0.5, 0.6) is 0 Å². The highest BCUT2D eigenvalue weighted by Gasteiger charge is 2.44. The molecule has 8 atom stereocenters. The Labute approximate surface area is 256 Å². The summed E-state index contributed by atoms with van der Waals surface area (Å²) in [5.41, 5.74) is 0.805. The van der Waals surface area contributed by atoms with Crippen LogP contribution in [0, 0.1) is 0 Å². The lowest BCUT2D eigenvalue weighted by Gasteiger charge is -2.40. The molecule has 1 saturated heterocycles. The summed E-state index contributed by atoms with van der Waals surface area (Å²) in [5.74, 6) is -0.525. The van der Waals surface area contributed by atoms with E-state index in [1.54, 1.807) is 6.08 Å². The molecule has 1 heterocycles. The molecule has 0 saturated carbocycles. The van der Waals surface area contributed by atoms with Crippen molar-refractivity contribution in [2.24, 2.45) is 0 Å². The van der Waals surface area contributed by atoms with E-state index >= 15 is 0 Å². The number of benzene rings is 1. The van der Waals surface area contributed by atoms with Crippen LogP contribution in [-0.4, -0.2) is 98.7 Å². The van der Waals surface area contributed by atoms with Crippen molar-refractivity contribution in [3.8, 4) is 0 Å². The zero-order valence-electron chi connectivity index (χ0n) is 25.7. The van der Waals surface area contributed by atoms with Gasteiger partial charge >= 0.3 is 0 Å². The Bertz CT molecular complexity index is 884. The Kier molecular flexibility index (Phi) is 18.9. The Morgan fingerprint density at radius 3 is 2.05 bits per heavy atom. The maximum atomic E-state index is 12.7. The van der Waals surface area contributed by atoms with Gasteiger partial charge in [0.25, 0.3) is 0 Å². The highest BCUT2D eigenvalue weighted by molar-refractivity contribution is 5.91. The smallest absolute Gasteiger partial charge is 0.244 e. The summed E-state index contributed by atoms with van der Waals surface area (Å²) < 4.78 is 11.0. The highest BCUT2D eigenvalue weighted by atomic mass is 16.7. The first-order valence-electron chi connectivity index (χ1n) is 16.1. The molecule has 0 aliphatic carbocycles. The number of carbonyl (C=O) groups excluding carboxylic acids is 1. The standard InChI is InChI=1S/C33H55NO9/c1-2-3-4-5-6-7-8-9-10-11-12-16-19-26(36)29(38)25(34-28(37)21-20-24-17-14-13-15-18-24)23-42-33-32(41)31(40)30(39)27(22-35)43-33/h13-15,17-18,20-21,25-27,29-33,35-36,38-41H,2-12,16,19,22-23H2,1H3,(H,34,37)/b21-20+/t25?,26?,27-,29?,30+,31+,32-,33+/m1/s1. The third kappa shape index (κ3) is 14.2. The molecule has 0 radical (unpaired) electrons. The summed E-state index contributed by atoms with van der Waals surface area (Å²) in [6.07, 6.45) is 7.50. The summed E-state index contributed by atoms with van der Waals surface area (Å²) in [5, 5.41) is 64.2. The molecule has 43 heavy (non-hydrogen) atoms. The van der Waals surface area contributed by atoms with Crippen molar-refractivity contribution in [2.45, 2.75) is 139 Å². The third-order valence-corrected chi connectivity index (χ3v) is 8.00. The van der Waals surface area contributed by atoms with Gasteiger partial charge in [0.15, 0.2) is 6.29 Å². The van der Waals surface area contributed by atoms with E-state index in [2.05, 4.69) is 12.2 Å². The number of unbranched alkanes of at least 4 members (excludes halogenated alkanes) is 11. The molecule has 1 aliphatic rings. The van der Waals surface area contributed by atoms with Crippen LogP contribution in [-0.2, 0) is 14.3 Å². The number of aliphatic hydroxyl groups excluding tert-OH is 6. The van der Waals surface area contributed by atoms with E-state index in [0.717, 1.165) is 31.2 Å². The first kappa shape index (κ1) is 37.3. The fourth-order valence-electron chi connectivity index (χ4n) is 5.23. The van der Waals surface area contributed by atoms with Crippen LogP contribution in [0.2, 0.25) is 0 Å². The van der Waals surface area contributed by atoms with Crippen molar-refractivity contribution in [2.75, 3.05) is 13.2 Å². The largest absolute Gasteiger partial charge is 0.394 e. The number of hydrogen-bond acceptors (Lipinski definition) is 9. The Balaban J connectivity index is 1.85. The minimum atomic E-state index is -1.63. The predicted octanol–water partition coefficient (Wildman–Crippen LogP) is 2.81. The minimum Gasteiger partial charge on any atom is -0.394 e. The molecule has 246 valence electrons. The first-order valence-corrected chi connectivity index (χ1v) is 16.1. The van der Waals surface area contributed by atoms with Gasteiger partial charge in [-0.3, -0.25) is 4.79 Å². The quantitative estimate of drug-likeness (QED) is 0.0772. The van der Waals surface area contributed by atoms with Gasteiger partial charge < -0.3 is 45.4 Å². The molecule has 7 N–H and O–H groups in total. The van der Waals surface area contributed by atoms with Crippen molar-refractivity contribution < 1.29 is 44.9 Å². The van der Waals surface area contributed by atoms with Crippen molar-refractivity contribution >= 4 is 12.0 Å². The van der Waals surface area contributed by atoms with Crippen molar-refractivity contribution in [1.29, 1.82) is 0 Å². The number of carbonyl (C=O) groups is 1. The third-order valence-electron chi connectivity index (χ3n) is 8.00. The van der Waals surface area contributed by atoms with E-state index in [1.165, 1.54) is 57.4 Å². The number of aliphatic hydroxyl groups is 6. The van der Waals surface area contributed by atoms with E-state index < -0.39 is 61.5 Å². The summed E-state index contributed by atoms with van der Waals surface area (Å²) in [4.78, 5) is 12.7. The average Bonchev–Trinajstić information content (AvgIpc) is 3.02. The zero-order valence-corrected chi connectivity index (χ0v) is 25.7. The molecule has 0 aromatic heterocycles. The van der Waals surface area contributed by atoms with E-state index in [4.69, 9.17) is 9.47 Å². The van der Waals surface area contributed by atoms with Crippen LogP contribution in [0.25, 0.3) is 6.08 Å². The molecule has 1 amide bonds. The fraction of sp³-hybridized carbons (Fsp3) is 0.727. The number of ether oxygens (including phenoxy) is 2. The number of rotatable bonds is 22. The molecule has 1 fully saturated rings. The number of nitrogens with one attached hydrogen (secondary N) is 1. The molecule has 10 heteroatoms. The average molecular weight is 610 g/mol. The summed E-state index contributed by atoms with van der Waals surface area (Å²) >= 11 is 0. The first-order chi connectivity index (χ1) is 20.8. The maximum Gasteiger partial charge on any atom is 0.244 e. The van der Waals surface area contributed by atoms with Crippen LogP contribution < -0.4 is 5.32 Å². The normalized spacial score (nSPS) is 24.6. The molecule has 0 bridgehead atoms. The van der Waals surface area contributed by atoms with Gasteiger partial charge in [0, 0.05) is 6.08 Å².